The number of anilines is 1. The molecule has 7 heteroatoms. The van der Waals surface area contributed by atoms with Gasteiger partial charge in [-0.25, -0.2) is 4.39 Å². The number of hydrogen-bond acceptors (Lipinski definition) is 5. The van der Waals surface area contributed by atoms with Crippen molar-refractivity contribution in [2.75, 3.05) is 12.4 Å². The van der Waals surface area contributed by atoms with Gasteiger partial charge in [-0.2, -0.15) is 0 Å². The summed E-state index contributed by atoms with van der Waals surface area (Å²) in [4.78, 5) is 14.2. The molecule has 1 N–H and O–H groups in total. The van der Waals surface area contributed by atoms with Crippen molar-refractivity contribution in [3.8, 4) is 5.75 Å². The first kappa shape index (κ1) is 14.7. The molecule has 0 saturated carbocycles. The van der Waals surface area contributed by atoms with Crippen molar-refractivity contribution in [1.82, 2.24) is 4.98 Å². The van der Waals surface area contributed by atoms with Crippen molar-refractivity contribution in [2.45, 2.75) is 13.0 Å². The summed E-state index contributed by atoms with van der Waals surface area (Å²) >= 11 is 0. The molecule has 0 aliphatic carbocycles. The largest absolute Gasteiger partial charge is 0.494 e. The molecule has 1 atom stereocenters. The number of aromatic nitrogens is 1. The number of methoxy groups -OCH3 is 1. The highest BCUT2D eigenvalue weighted by atomic mass is 19.1. The minimum absolute atomic E-state index is 0.0510. The molecule has 0 radical (unpaired) electrons. The van der Waals surface area contributed by atoms with E-state index in [1.165, 1.54) is 25.3 Å². The molecule has 110 valence electrons. The molecule has 0 spiro atoms. The third kappa shape index (κ3) is 3.44. The maximum atomic E-state index is 12.8. The normalized spacial score (nSPS) is 11.8. The summed E-state index contributed by atoms with van der Waals surface area (Å²) in [6.45, 7) is 1.85. The Morgan fingerprint density at radius 3 is 2.71 bits per heavy atom. The van der Waals surface area contributed by atoms with Gasteiger partial charge in [0.05, 0.1) is 41.7 Å². The summed E-state index contributed by atoms with van der Waals surface area (Å²) in [6.07, 6.45) is 1.14. The van der Waals surface area contributed by atoms with E-state index in [1.807, 2.05) is 6.92 Å². The van der Waals surface area contributed by atoms with Gasteiger partial charge >= 0.3 is 0 Å². The zero-order valence-electron chi connectivity index (χ0n) is 11.5. The summed E-state index contributed by atoms with van der Waals surface area (Å²) in [7, 11) is 1.44. The lowest BCUT2D eigenvalue weighted by Gasteiger charge is -2.17. The van der Waals surface area contributed by atoms with Crippen molar-refractivity contribution in [3.05, 3.63) is 58.2 Å². The van der Waals surface area contributed by atoms with Crippen LogP contribution in [0.4, 0.5) is 15.8 Å². The van der Waals surface area contributed by atoms with Gasteiger partial charge in [0.15, 0.2) is 0 Å². The average molecular weight is 291 g/mol. The summed E-state index contributed by atoms with van der Waals surface area (Å²) in [5, 5.41) is 13.9. The summed E-state index contributed by atoms with van der Waals surface area (Å²) in [6, 6.07) is 6.99. The quantitative estimate of drug-likeness (QED) is 0.675. The first-order valence-corrected chi connectivity index (χ1v) is 6.21. The standard InChI is InChI=1S/C14H14FN3O3/c1-9(12-5-3-10(15)8-16-12)17-13-6-4-11(18(19)20)7-14(13)21-2/h3-9,17H,1-2H3. The summed E-state index contributed by atoms with van der Waals surface area (Å²) < 4.78 is 18.0. The Morgan fingerprint density at radius 2 is 2.14 bits per heavy atom. The second-order valence-corrected chi connectivity index (χ2v) is 4.41. The molecule has 0 amide bonds. The van der Waals surface area contributed by atoms with Crippen LogP contribution in [0.2, 0.25) is 0 Å². The van der Waals surface area contributed by atoms with Gasteiger partial charge in [0.2, 0.25) is 0 Å². The van der Waals surface area contributed by atoms with Gasteiger partial charge in [-0.1, -0.05) is 0 Å². The fraction of sp³-hybridized carbons (Fsp3) is 0.214. The van der Waals surface area contributed by atoms with Gasteiger partial charge in [-0.3, -0.25) is 15.1 Å². The van der Waals surface area contributed by atoms with Crippen molar-refractivity contribution >= 4 is 11.4 Å². The molecule has 1 aromatic heterocycles. The van der Waals surface area contributed by atoms with E-state index in [-0.39, 0.29) is 11.7 Å². The van der Waals surface area contributed by atoms with Crippen LogP contribution in [0.15, 0.2) is 36.5 Å². The summed E-state index contributed by atoms with van der Waals surface area (Å²) in [5.74, 6) is -0.0444. The second-order valence-electron chi connectivity index (χ2n) is 4.41. The van der Waals surface area contributed by atoms with Crippen molar-refractivity contribution in [2.24, 2.45) is 0 Å². The number of halogens is 1. The minimum atomic E-state index is -0.489. The number of nitro benzene ring substituents is 1. The number of rotatable bonds is 5. The fourth-order valence-electron chi connectivity index (χ4n) is 1.86. The average Bonchev–Trinajstić information content (AvgIpc) is 2.48. The van der Waals surface area contributed by atoms with Crippen LogP contribution in [-0.2, 0) is 0 Å². The highest BCUT2D eigenvalue weighted by Gasteiger charge is 2.14. The predicted octanol–water partition coefficient (Wildman–Crippen LogP) is 3.31. The lowest BCUT2D eigenvalue weighted by Crippen LogP contribution is -2.09. The van der Waals surface area contributed by atoms with E-state index in [9.17, 15) is 14.5 Å². The Labute approximate surface area is 120 Å². The molecule has 1 heterocycles. The highest BCUT2D eigenvalue weighted by Crippen LogP contribution is 2.31. The van der Waals surface area contributed by atoms with Gasteiger partial charge in [-0.05, 0) is 25.1 Å². The molecule has 21 heavy (non-hydrogen) atoms. The highest BCUT2D eigenvalue weighted by molar-refractivity contribution is 5.61. The molecule has 2 aromatic rings. The Bertz CT molecular complexity index is 646. The van der Waals surface area contributed by atoms with E-state index in [4.69, 9.17) is 4.74 Å². The van der Waals surface area contributed by atoms with Crippen LogP contribution in [0.5, 0.6) is 5.75 Å². The zero-order chi connectivity index (χ0) is 15.4. The number of nitrogens with zero attached hydrogens (tertiary/aromatic N) is 2. The van der Waals surface area contributed by atoms with Crippen LogP contribution in [0.25, 0.3) is 0 Å². The third-order valence-corrected chi connectivity index (χ3v) is 2.96. The molecule has 0 aliphatic heterocycles. The molecule has 2 rings (SSSR count). The topological polar surface area (TPSA) is 77.3 Å². The molecular weight excluding hydrogens is 277 g/mol. The van der Waals surface area contributed by atoms with Crippen molar-refractivity contribution in [1.29, 1.82) is 0 Å². The number of benzene rings is 1. The van der Waals surface area contributed by atoms with Crippen molar-refractivity contribution < 1.29 is 14.1 Å². The number of nitrogens with one attached hydrogen (secondary N) is 1. The maximum absolute atomic E-state index is 12.8. The predicted molar refractivity (Wildman–Crippen MR) is 75.9 cm³/mol. The number of pyridine rings is 1. The number of nitro groups is 1. The van der Waals surface area contributed by atoms with E-state index in [0.717, 1.165) is 6.20 Å². The first-order chi connectivity index (χ1) is 10.0. The maximum Gasteiger partial charge on any atom is 0.273 e. The molecule has 0 bridgehead atoms. The minimum Gasteiger partial charge on any atom is -0.494 e. The van der Waals surface area contributed by atoms with Crippen LogP contribution in [0, 0.1) is 15.9 Å². The van der Waals surface area contributed by atoms with Crippen molar-refractivity contribution in [3.63, 3.8) is 0 Å². The SMILES string of the molecule is COc1cc([N+](=O)[O-])ccc1NC(C)c1ccc(F)cn1. The molecule has 6 nitrogen and oxygen atoms in total. The first-order valence-electron chi connectivity index (χ1n) is 6.21. The smallest absolute Gasteiger partial charge is 0.273 e. The van der Waals surface area contributed by atoms with Crippen LogP contribution in [0.3, 0.4) is 0 Å². The van der Waals surface area contributed by atoms with E-state index in [2.05, 4.69) is 10.3 Å². The molecule has 1 unspecified atom stereocenters. The Hall–Kier alpha value is -2.70. The van der Waals surface area contributed by atoms with Gasteiger partial charge in [0, 0.05) is 6.07 Å². The van der Waals surface area contributed by atoms with E-state index in [0.29, 0.717) is 17.1 Å². The monoisotopic (exact) mass is 291 g/mol. The Morgan fingerprint density at radius 1 is 1.38 bits per heavy atom. The van der Waals surface area contributed by atoms with Crippen LogP contribution in [0.1, 0.15) is 18.7 Å². The molecule has 1 aromatic carbocycles. The zero-order valence-corrected chi connectivity index (χ0v) is 11.5. The Kier molecular flexibility index (Phi) is 4.32. The Balaban J connectivity index is 2.22. The lowest BCUT2D eigenvalue weighted by atomic mass is 10.2. The number of hydrogen-bond donors (Lipinski definition) is 1. The van der Waals surface area contributed by atoms with Gasteiger partial charge in [-0.15, -0.1) is 0 Å². The third-order valence-electron chi connectivity index (χ3n) is 2.96. The van der Waals surface area contributed by atoms with E-state index >= 15 is 0 Å². The molecular formula is C14H14FN3O3. The van der Waals surface area contributed by atoms with Gasteiger partial charge in [0.1, 0.15) is 11.6 Å². The lowest BCUT2D eigenvalue weighted by molar-refractivity contribution is -0.384. The van der Waals surface area contributed by atoms with Crippen LogP contribution in [-0.4, -0.2) is 17.0 Å². The molecule has 0 fully saturated rings. The van der Waals surface area contributed by atoms with Crippen LogP contribution < -0.4 is 10.1 Å². The molecule has 0 aliphatic rings. The molecule has 0 saturated heterocycles. The van der Waals surface area contributed by atoms with E-state index in [1.54, 1.807) is 12.1 Å². The van der Waals surface area contributed by atoms with Crippen LogP contribution >= 0.6 is 0 Å². The number of non-ortho nitro benzene ring substituents is 1. The second kappa shape index (κ2) is 6.17. The van der Waals surface area contributed by atoms with E-state index < -0.39 is 10.7 Å². The fourth-order valence-corrected chi connectivity index (χ4v) is 1.86. The van der Waals surface area contributed by atoms with Gasteiger partial charge in [0.25, 0.3) is 5.69 Å². The number of ether oxygens (including phenoxy) is 1. The van der Waals surface area contributed by atoms with Gasteiger partial charge < -0.3 is 10.1 Å². The summed E-state index contributed by atoms with van der Waals surface area (Å²) in [5.41, 5.74) is 1.20.